The molecule has 0 aliphatic heterocycles. The Kier molecular flexibility index (Phi) is 7.00. The van der Waals surface area contributed by atoms with Gasteiger partial charge in [0.15, 0.2) is 5.58 Å². The maximum atomic E-state index is 13.9. The lowest BCUT2D eigenvalue weighted by molar-refractivity contribution is 0.0516. The van der Waals surface area contributed by atoms with Gasteiger partial charge in [-0.2, -0.15) is 8.75 Å². The molecular formula is C34H27N3O5S. The first kappa shape index (κ1) is 26.7. The van der Waals surface area contributed by atoms with Crippen molar-refractivity contribution in [3.8, 4) is 22.6 Å². The van der Waals surface area contributed by atoms with Gasteiger partial charge < -0.3 is 23.2 Å². The van der Waals surface area contributed by atoms with Crippen LogP contribution in [0.5, 0.6) is 11.5 Å². The number of hydrogen-bond acceptors (Lipinski definition) is 8. The van der Waals surface area contributed by atoms with Crippen LogP contribution in [0.25, 0.3) is 44.2 Å². The minimum Gasteiger partial charge on any atom is -0.497 e. The second-order valence-electron chi connectivity index (χ2n) is 10.0. The van der Waals surface area contributed by atoms with Crippen molar-refractivity contribution in [1.29, 1.82) is 0 Å². The Morgan fingerprint density at radius 2 is 1.72 bits per heavy atom. The van der Waals surface area contributed by atoms with Crippen LogP contribution in [0, 0.1) is 0 Å². The van der Waals surface area contributed by atoms with Gasteiger partial charge >= 0.3 is 5.97 Å². The van der Waals surface area contributed by atoms with Crippen LogP contribution in [0.4, 0.5) is 0 Å². The summed E-state index contributed by atoms with van der Waals surface area (Å²) in [4.78, 5) is 13.9. The Labute approximate surface area is 251 Å². The predicted octanol–water partition coefficient (Wildman–Crippen LogP) is 7.87. The molecule has 0 spiro atoms. The molecule has 0 aliphatic rings. The van der Waals surface area contributed by atoms with Gasteiger partial charge in [0, 0.05) is 23.6 Å². The van der Waals surface area contributed by atoms with E-state index in [0.717, 1.165) is 38.6 Å². The Hall–Kier alpha value is -5.15. The molecule has 0 amide bonds. The first-order valence-corrected chi connectivity index (χ1v) is 14.6. The van der Waals surface area contributed by atoms with Gasteiger partial charge in [0.2, 0.25) is 0 Å². The molecule has 9 heteroatoms. The van der Waals surface area contributed by atoms with Crippen LogP contribution in [-0.4, -0.2) is 33.0 Å². The van der Waals surface area contributed by atoms with Gasteiger partial charge in [0.05, 0.1) is 36.5 Å². The molecule has 7 rings (SSSR count). The number of hydrogen-bond donors (Lipinski definition) is 0. The lowest BCUT2D eigenvalue weighted by atomic mass is 10.0. The molecule has 0 bridgehead atoms. The number of carbonyl (C=O) groups excluding carboxylic acids is 1. The van der Waals surface area contributed by atoms with Gasteiger partial charge in [-0.3, -0.25) is 0 Å². The van der Waals surface area contributed by atoms with Crippen molar-refractivity contribution in [2.24, 2.45) is 0 Å². The van der Waals surface area contributed by atoms with Crippen LogP contribution in [0.2, 0.25) is 0 Å². The summed E-state index contributed by atoms with van der Waals surface area (Å²) >= 11 is 1.18. The molecule has 214 valence electrons. The van der Waals surface area contributed by atoms with Crippen LogP contribution >= 0.6 is 11.7 Å². The summed E-state index contributed by atoms with van der Waals surface area (Å²) in [5, 5.41) is 0.894. The predicted molar refractivity (Wildman–Crippen MR) is 167 cm³/mol. The Morgan fingerprint density at radius 3 is 2.56 bits per heavy atom. The van der Waals surface area contributed by atoms with Crippen molar-refractivity contribution in [2.75, 3.05) is 13.7 Å². The molecule has 0 unspecified atom stereocenters. The van der Waals surface area contributed by atoms with E-state index in [4.69, 9.17) is 18.6 Å². The van der Waals surface area contributed by atoms with Crippen LogP contribution in [0.1, 0.15) is 28.5 Å². The number of nitrogens with zero attached hydrogens (tertiary/aromatic N) is 3. The first-order valence-electron chi connectivity index (χ1n) is 13.9. The van der Waals surface area contributed by atoms with Gasteiger partial charge in [-0.05, 0) is 54.4 Å². The third-order valence-electron chi connectivity index (χ3n) is 7.40. The standard InChI is InChI=1S/C34H27N3O5S/c1-3-40-34(38)32-30(24-15-14-23(39-2)18-29(24)41-20-21-9-5-4-6-10-21)33-31(25-11-7-8-12-28(25)42-33)37(32)19-22-13-16-26-27(17-22)36-43-35-26/h4-18H,3,19-20H2,1-2H3. The number of carbonyl (C=O) groups is 1. The van der Waals surface area contributed by atoms with Crippen LogP contribution in [0.15, 0.2) is 95.4 Å². The fourth-order valence-electron chi connectivity index (χ4n) is 5.44. The maximum absolute atomic E-state index is 13.9. The van der Waals surface area contributed by atoms with E-state index in [1.165, 1.54) is 11.7 Å². The minimum absolute atomic E-state index is 0.224. The summed E-state index contributed by atoms with van der Waals surface area (Å²) in [5.41, 5.74) is 7.41. The van der Waals surface area contributed by atoms with Gasteiger partial charge in [-0.15, -0.1) is 0 Å². The molecule has 7 aromatic rings. The highest BCUT2D eigenvalue weighted by Gasteiger charge is 2.31. The molecule has 0 saturated carbocycles. The number of ether oxygens (including phenoxy) is 3. The third-order valence-corrected chi connectivity index (χ3v) is 7.95. The molecule has 0 saturated heterocycles. The van der Waals surface area contributed by atoms with Crippen molar-refractivity contribution >= 4 is 50.8 Å². The van der Waals surface area contributed by atoms with E-state index in [1.807, 2.05) is 95.6 Å². The van der Waals surface area contributed by atoms with E-state index in [9.17, 15) is 4.79 Å². The maximum Gasteiger partial charge on any atom is 0.355 e. The van der Waals surface area contributed by atoms with Gasteiger partial charge in [-0.25, -0.2) is 4.79 Å². The number of benzene rings is 4. The molecule has 3 heterocycles. The van der Waals surface area contributed by atoms with Crippen LogP contribution in [-0.2, 0) is 17.9 Å². The highest BCUT2D eigenvalue weighted by atomic mass is 32.1. The Morgan fingerprint density at radius 1 is 0.907 bits per heavy atom. The summed E-state index contributed by atoms with van der Waals surface area (Å²) in [6.07, 6.45) is 0. The zero-order chi connectivity index (χ0) is 29.3. The number of furan rings is 1. The number of esters is 1. The summed E-state index contributed by atoms with van der Waals surface area (Å²) in [6.45, 7) is 2.75. The monoisotopic (exact) mass is 589 g/mol. The molecular weight excluding hydrogens is 562 g/mol. The number of para-hydroxylation sites is 1. The molecule has 0 fully saturated rings. The molecule has 0 atom stereocenters. The molecule has 4 aromatic carbocycles. The van der Waals surface area contributed by atoms with Crippen molar-refractivity contribution in [1.82, 2.24) is 13.3 Å². The normalized spacial score (nSPS) is 11.4. The lowest BCUT2D eigenvalue weighted by Crippen LogP contribution is -2.14. The number of rotatable bonds is 9. The summed E-state index contributed by atoms with van der Waals surface area (Å²) in [7, 11) is 1.61. The van der Waals surface area contributed by atoms with E-state index in [2.05, 4.69) is 8.75 Å². The molecule has 43 heavy (non-hydrogen) atoms. The van der Waals surface area contributed by atoms with Crippen molar-refractivity contribution in [3.05, 3.63) is 108 Å². The molecule has 0 aliphatic carbocycles. The first-order chi connectivity index (χ1) is 21.1. The number of fused-ring (bicyclic) bond motifs is 4. The van der Waals surface area contributed by atoms with Crippen molar-refractivity contribution in [2.45, 2.75) is 20.1 Å². The average Bonchev–Trinajstić information content (AvgIpc) is 3.74. The van der Waals surface area contributed by atoms with Gasteiger partial charge in [0.1, 0.15) is 40.4 Å². The average molecular weight is 590 g/mol. The number of aromatic nitrogens is 3. The minimum atomic E-state index is -0.450. The fraction of sp³-hybridized carbons (Fsp3) is 0.147. The smallest absolute Gasteiger partial charge is 0.355 e. The summed E-state index contributed by atoms with van der Waals surface area (Å²) in [6, 6.07) is 29.3. The zero-order valence-electron chi connectivity index (χ0n) is 23.6. The topological polar surface area (TPSA) is 88.6 Å². The number of methoxy groups -OCH3 is 1. The Balaban J connectivity index is 1.48. The molecule has 8 nitrogen and oxygen atoms in total. The van der Waals surface area contributed by atoms with E-state index in [-0.39, 0.29) is 6.61 Å². The molecule has 0 N–H and O–H groups in total. The van der Waals surface area contributed by atoms with E-state index in [1.54, 1.807) is 14.0 Å². The van der Waals surface area contributed by atoms with Gasteiger partial charge in [-0.1, -0.05) is 48.5 Å². The van der Waals surface area contributed by atoms with E-state index in [0.29, 0.717) is 47.1 Å². The summed E-state index contributed by atoms with van der Waals surface area (Å²) < 4.78 is 34.9. The van der Waals surface area contributed by atoms with Crippen LogP contribution in [0.3, 0.4) is 0 Å². The molecule has 0 radical (unpaired) electrons. The largest absolute Gasteiger partial charge is 0.497 e. The summed E-state index contributed by atoms with van der Waals surface area (Å²) in [5.74, 6) is 0.743. The quantitative estimate of drug-likeness (QED) is 0.158. The zero-order valence-corrected chi connectivity index (χ0v) is 24.4. The second-order valence-corrected chi connectivity index (χ2v) is 10.6. The van der Waals surface area contributed by atoms with Gasteiger partial charge in [0.25, 0.3) is 0 Å². The van der Waals surface area contributed by atoms with Crippen molar-refractivity contribution in [3.63, 3.8) is 0 Å². The third kappa shape index (κ3) is 4.87. The van der Waals surface area contributed by atoms with Crippen molar-refractivity contribution < 1.29 is 23.4 Å². The molecule has 3 aromatic heterocycles. The highest BCUT2D eigenvalue weighted by molar-refractivity contribution is 7.00. The van der Waals surface area contributed by atoms with E-state index >= 15 is 0 Å². The fourth-order valence-corrected chi connectivity index (χ4v) is 5.96. The SMILES string of the molecule is CCOC(=O)c1c(-c2ccc(OC)cc2OCc2ccccc2)c2oc3ccccc3c2n1Cc1ccc2nsnc2c1. The van der Waals surface area contributed by atoms with Crippen LogP contribution < -0.4 is 9.47 Å². The Bertz CT molecular complexity index is 2090. The second kappa shape index (κ2) is 11.3. The van der Waals surface area contributed by atoms with E-state index < -0.39 is 5.97 Å². The highest BCUT2D eigenvalue weighted by Crippen LogP contribution is 2.45. The lowest BCUT2D eigenvalue weighted by Gasteiger charge is -2.15.